The van der Waals surface area contributed by atoms with Gasteiger partial charge >= 0.3 is 58.4 Å². The third kappa shape index (κ3) is 4.80. The van der Waals surface area contributed by atoms with Crippen LogP contribution >= 0.6 is 0 Å². The maximum atomic E-state index is 11.4. The molecule has 0 fully saturated rings. The van der Waals surface area contributed by atoms with Gasteiger partial charge in [-0.2, -0.15) is 0 Å². The molecule has 0 heterocycles. The summed E-state index contributed by atoms with van der Waals surface area (Å²) in [7, 11) is 0. The molecule has 0 aromatic carbocycles. The zero-order chi connectivity index (χ0) is 7.00. The number of hydrogen-bond donors (Lipinski definition) is 1. The van der Waals surface area contributed by atoms with E-state index in [1.807, 2.05) is 0 Å². The Morgan fingerprint density at radius 2 is 1.33 bits per heavy atom. The minimum absolute atomic E-state index is 0. The van der Waals surface area contributed by atoms with Crippen LogP contribution < -0.4 is 51.4 Å². The first kappa shape index (κ1) is 13.1. The molecule has 1 N–H and O–H groups in total. The molecule has 50 valence electrons. The Hall–Kier alpha value is 1.45. The van der Waals surface area contributed by atoms with Crippen molar-refractivity contribution >= 4 is 6.98 Å². The van der Waals surface area contributed by atoms with Gasteiger partial charge in [0.1, 0.15) is 0 Å². The summed E-state index contributed by atoms with van der Waals surface area (Å²) in [6, 6.07) is 0. The van der Waals surface area contributed by atoms with Crippen molar-refractivity contribution in [2.24, 2.45) is 0 Å². The molecule has 0 aliphatic rings. The molecule has 0 radical (unpaired) electrons. The van der Waals surface area contributed by atoms with Crippen LogP contribution in [0.3, 0.4) is 0 Å². The van der Waals surface area contributed by atoms with E-state index >= 15 is 0 Å². The predicted molar refractivity (Wildman–Crippen MR) is 25.4 cm³/mol. The monoisotopic (exact) mass is 166 g/mol. The van der Waals surface area contributed by atoms with Crippen LogP contribution in [0, 0.1) is 0 Å². The number of hydrogen-bond acceptors (Lipinski definition) is 1. The van der Waals surface area contributed by atoms with Crippen molar-refractivity contribution < 1.29 is 69.4 Å². The van der Waals surface area contributed by atoms with Crippen LogP contribution in [0.5, 0.6) is 0 Å². The topological polar surface area (TPSA) is 20.2 Å². The van der Waals surface area contributed by atoms with Crippen molar-refractivity contribution in [2.75, 3.05) is 0 Å². The van der Waals surface area contributed by atoms with Gasteiger partial charge in [0.2, 0.25) is 0 Å². The van der Waals surface area contributed by atoms with E-state index in [4.69, 9.17) is 5.11 Å². The molecule has 0 unspecified atom stereocenters. The minimum Gasteiger partial charge on any atom is -0.447 e. The maximum Gasteiger partial charge on any atom is 1.00 e. The van der Waals surface area contributed by atoms with Gasteiger partial charge in [0, 0.05) is 5.50 Å². The average molecular weight is 166 g/mol. The molecule has 0 amide bonds. The molecule has 0 aliphatic carbocycles. The van der Waals surface area contributed by atoms with Gasteiger partial charge in [0.25, 0.3) is 0 Å². The molecule has 1 nitrogen and oxygen atoms in total. The van der Waals surface area contributed by atoms with E-state index in [0.717, 1.165) is 13.8 Å². The second-order valence-electron chi connectivity index (χ2n) is 2.23. The van der Waals surface area contributed by atoms with Gasteiger partial charge in [0.15, 0.2) is 0 Å². The Kier molecular flexibility index (Phi) is 5.42. The van der Waals surface area contributed by atoms with Crippen LogP contribution in [0.25, 0.3) is 0 Å². The molecule has 6 heteroatoms. The van der Waals surface area contributed by atoms with Gasteiger partial charge in [-0.15, -0.1) is 0 Å². The molecule has 0 spiro atoms. The molecule has 0 saturated carbocycles. The van der Waals surface area contributed by atoms with Gasteiger partial charge in [-0.05, 0) is 0 Å². The summed E-state index contributed by atoms with van der Waals surface area (Å²) < 4.78 is 34.1. The van der Waals surface area contributed by atoms with Crippen LogP contribution in [0.2, 0.25) is 0 Å². The second kappa shape index (κ2) is 3.73. The second-order valence-corrected chi connectivity index (χ2v) is 2.23. The average Bonchev–Trinajstić information content (AvgIpc) is 1.25. The van der Waals surface area contributed by atoms with Crippen LogP contribution in [0.1, 0.15) is 13.8 Å². The maximum absolute atomic E-state index is 11.4. The van der Waals surface area contributed by atoms with Gasteiger partial charge in [-0.25, -0.2) is 0 Å². The Morgan fingerprint density at radius 1 is 1.22 bits per heavy atom. The summed E-state index contributed by atoms with van der Waals surface area (Å²) in [5.41, 5.74) is -2.50. The molecular weight excluding hydrogens is 159 g/mol. The van der Waals surface area contributed by atoms with E-state index in [1.165, 1.54) is 0 Å². The first-order valence-corrected chi connectivity index (χ1v) is 2.17. The van der Waals surface area contributed by atoms with Gasteiger partial charge in [0.05, 0.1) is 0 Å². The third-order valence-electron chi connectivity index (χ3n) is 0.801. The largest absolute Gasteiger partial charge is 1.00 e. The fourth-order valence-electron chi connectivity index (χ4n) is 0. The van der Waals surface area contributed by atoms with Crippen LogP contribution in [0.15, 0.2) is 0 Å². The summed E-state index contributed by atoms with van der Waals surface area (Å²) in [5.74, 6) is 0. The third-order valence-corrected chi connectivity index (χ3v) is 0.801. The standard InChI is InChI=1S/C3H7BF3O.K/c1-3(2,8)4(5,6)7;/h8H,1-2H3;/q-1;+1. The Morgan fingerprint density at radius 3 is 1.33 bits per heavy atom. The van der Waals surface area contributed by atoms with Crippen molar-refractivity contribution in [2.45, 2.75) is 19.3 Å². The number of rotatable bonds is 1. The van der Waals surface area contributed by atoms with E-state index < -0.39 is 12.5 Å². The van der Waals surface area contributed by atoms with Crippen LogP contribution in [0.4, 0.5) is 12.9 Å². The van der Waals surface area contributed by atoms with E-state index in [9.17, 15) is 12.9 Å². The molecule has 0 atom stereocenters. The fraction of sp³-hybridized carbons (Fsp3) is 1.00. The van der Waals surface area contributed by atoms with Gasteiger partial charge in [-0.1, -0.05) is 13.8 Å². The minimum atomic E-state index is -5.09. The zero-order valence-corrected chi connectivity index (χ0v) is 8.78. The quantitative estimate of drug-likeness (QED) is 0.453. The molecule has 0 rings (SSSR count). The van der Waals surface area contributed by atoms with E-state index in [-0.39, 0.29) is 51.4 Å². The van der Waals surface area contributed by atoms with E-state index in [0.29, 0.717) is 0 Å². The zero-order valence-electron chi connectivity index (χ0n) is 5.66. The summed E-state index contributed by atoms with van der Waals surface area (Å²) >= 11 is 0. The molecule has 9 heavy (non-hydrogen) atoms. The summed E-state index contributed by atoms with van der Waals surface area (Å²) in [4.78, 5) is 0. The van der Waals surface area contributed by atoms with E-state index in [1.54, 1.807) is 0 Å². The van der Waals surface area contributed by atoms with Crippen molar-refractivity contribution in [1.29, 1.82) is 0 Å². The molecule has 0 saturated heterocycles. The summed E-state index contributed by atoms with van der Waals surface area (Å²) in [5, 5.41) is 8.26. The van der Waals surface area contributed by atoms with Crippen molar-refractivity contribution in [3.05, 3.63) is 0 Å². The van der Waals surface area contributed by atoms with Crippen molar-refractivity contribution in [1.82, 2.24) is 0 Å². The normalized spacial score (nSPS) is 12.7. The first-order valence-electron chi connectivity index (χ1n) is 2.17. The SMILES string of the molecule is CC(C)(O)[B-](F)(F)F.[K+]. The van der Waals surface area contributed by atoms with E-state index in [2.05, 4.69) is 0 Å². The molecular formula is C3H7BF3KO. The van der Waals surface area contributed by atoms with Crippen molar-refractivity contribution in [3.63, 3.8) is 0 Å². The number of aliphatic hydroxyl groups is 1. The number of halogens is 3. The van der Waals surface area contributed by atoms with Gasteiger partial charge in [-0.3, -0.25) is 0 Å². The van der Waals surface area contributed by atoms with Crippen LogP contribution in [-0.4, -0.2) is 17.6 Å². The molecule has 0 aliphatic heterocycles. The summed E-state index contributed by atoms with van der Waals surface area (Å²) in [6.07, 6.45) is 0. The van der Waals surface area contributed by atoms with Gasteiger partial charge < -0.3 is 18.1 Å². The summed E-state index contributed by atoms with van der Waals surface area (Å²) in [6.45, 7) is -3.63. The first-order chi connectivity index (χ1) is 3.25. The van der Waals surface area contributed by atoms with Crippen LogP contribution in [-0.2, 0) is 0 Å². The Balaban J connectivity index is 0. The molecule has 0 aromatic rings. The molecule has 0 aromatic heterocycles. The molecule has 0 bridgehead atoms. The Labute approximate surface area is 94.5 Å². The predicted octanol–water partition coefficient (Wildman–Crippen LogP) is -1.85. The Bertz CT molecular complexity index is 74.0. The van der Waals surface area contributed by atoms with Crippen molar-refractivity contribution in [3.8, 4) is 0 Å². The smallest absolute Gasteiger partial charge is 0.447 e. The fourth-order valence-corrected chi connectivity index (χ4v) is 0.